The van der Waals surface area contributed by atoms with Crippen LogP contribution in [0.2, 0.25) is 0 Å². The predicted octanol–water partition coefficient (Wildman–Crippen LogP) is 0.304. The van der Waals surface area contributed by atoms with Crippen molar-refractivity contribution in [3.05, 3.63) is 22.4 Å². The van der Waals surface area contributed by atoms with Gasteiger partial charge in [-0.3, -0.25) is 4.79 Å². The molecule has 0 atom stereocenters. The molecule has 0 aliphatic rings. The summed E-state index contributed by atoms with van der Waals surface area (Å²) >= 11 is 1.57. The Morgan fingerprint density at radius 2 is 2.25 bits per heavy atom. The lowest BCUT2D eigenvalue weighted by Gasteiger charge is -2.04. The maximum atomic E-state index is 11.3. The van der Waals surface area contributed by atoms with Gasteiger partial charge in [0, 0.05) is 17.8 Å². The number of nitrogens with one attached hydrogen (secondary N) is 2. The second kappa shape index (κ2) is 5.97. The van der Waals surface area contributed by atoms with Gasteiger partial charge in [-0.2, -0.15) is 0 Å². The molecule has 0 aliphatic heterocycles. The molecule has 0 saturated heterocycles. The third-order valence-electron chi connectivity index (χ3n) is 1.76. The molecular weight excluding hydrogens is 248 g/mol. The van der Waals surface area contributed by atoms with Crippen LogP contribution in [0.3, 0.4) is 0 Å². The van der Waals surface area contributed by atoms with E-state index in [0.29, 0.717) is 6.54 Å². The minimum absolute atomic E-state index is 0.134. The predicted molar refractivity (Wildman–Crippen MR) is 63.6 cm³/mol. The molecule has 0 fully saturated rings. The molecule has 1 heterocycles. The minimum atomic E-state index is -3.21. The van der Waals surface area contributed by atoms with Crippen LogP contribution >= 0.6 is 11.3 Å². The average Bonchev–Trinajstić information content (AvgIpc) is 2.65. The summed E-state index contributed by atoms with van der Waals surface area (Å²) in [5, 5.41) is 4.65. The van der Waals surface area contributed by atoms with Crippen LogP contribution in [0, 0.1) is 0 Å². The number of amides is 1. The Labute approximate surface area is 98.9 Å². The Balaban J connectivity index is 2.17. The molecule has 0 aromatic carbocycles. The third kappa shape index (κ3) is 5.84. The van der Waals surface area contributed by atoms with Gasteiger partial charge < -0.3 is 5.32 Å². The van der Waals surface area contributed by atoms with Crippen molar-refractivity contribution in [1.82, 2.24) is 10.0 Å². The maximum absolute atomic E-state index is 11.3. The van der Waals surface area contributed by atoms with Crippen LogP contribution in [-0.4, -0.2) is 27.1 Å². The molecule has 16 heavy (non-hydrogen) atoms. The monoisotopic (exact) mass is 262 g/mol. The van der Waals surface area contributed by atoms with E-state index in [2.05, 4.69) is 10.0 Å². The van der Waals surface area contributed by atoms with Crippen LogP contribution in [0.4, 0.5) is 0 Å². The first kappa shape index (κ1) is 13.1. The number of sulfonamides is 1. The van der Waals surface area contributed by atoms with Gasteiger partial charge in [0.15, 0.2) is 0 Å². The largest absolute Gasteiger partial charge is 0.351 e. The lowest BCUT2D eigenvalue weighted by atomic mass is 10.4. The van der Waals surface area contributed by atoms with Gasteiger partial charge in [0.1, 0.15) is 0 Å². The van der Waals surface area contributed by atoms with Gasteiger partial charge in [-0.1, -0.05) is 6.07 Å². The average molecular weight is 262 g/mol. The molecule has 5 nitrogen and oxygen atoms in total. The lowest BCUT2D eigenvalue weighted by Crippen LogP contribution is -2.29. The van der Waals surface area contributed by atoms with Crippen LogP contribution in [-0.2, 0) is 21.4 Å². The normalized spacial score (nSPS) is 11.3. The molecule has 0 saturated carbocycles. The van der Waals surface area contributed by atoms with Crippen molar-refractivity contribution < 1.29 is 13.2 Å². The number of rotatable bonds is 6. The molecule has 1 aromatic heterocycles. The first-order chi connectivity index (χ1) is 7.47. The summed E-state index contributed by atoms with van der Waals surface area (Å²) in [7, 11) is -3.21. The Kier molecular flexibility index (Phi) is 4.91. The van der Waals surface area contributed by atoms with Crippen molar-refractivity contribution in [3.8, 4) is 0 Å². The van der Waals surface area contributed by atoms with E-state index in [0.717, 1.165) is 11.1 Å². The van der Waals surface area contributed by atoms with Gasteiger partial charge in [0.25, 0.3) is 0 Å². The Hall–Kier alpha value is -0.920. The summed E-state index contributed by atoms with van der Waals surface area (Å²) in [5.74, 6) is -0.162. The van der Waals surface area contributed by atoms with E-state index in [1.807, 2.05) is 17.5 Å². The van der Waals surface area contributed by atoms with Crippen molar-refractivity contribution >= 4 is 27.3 Å². The van der Waals surface area contributed by atoms with Crippen molar-refractivity contribution in [2.45, 2.75) is 13.0 Å². The fraction of sp³-hybridized carbons (Fsp3) is 0.444. The van der Waals surface area contributed by atoms with E-state index < -0.39 is 10.0 Å². The van der Waals surface area contributed by atoms with Crippen LogP contribution in [0.1, 0.15) is 11.3 Å². The molecule has 0 aliphatic carbocycles. The zero-order chi connectivity index (χ0) is 12.0. The highest BCUT2D eigenvalue weighted by Crippen LogP contribution is 2.07. The van der Waals surface area contributed by atoms with Crippen LogP contribution in [0.25, 0.3) is 0 Å². The molecule has 2 N–H and O–H groups in total. The number of carbonyl (C=O) groups is 1. The molecule has 0 spiro atoms. The fourth-order valence-corrected chi connectivity index (χ4v) is 2.15. The summed E-state index contributed by atoms with van der Waals surface area (Å²) in [6.45, 7) is 0.629. The van der Waals surface area contributed by atoms with Crippen molar-refractivity contribution in [1.29, 1.82) is 0 Å². The summed E-state index contributed by atoms with van der Waals surface area (Å²) in [6.07, 6.45) is 1.22. The van der Waals surface area contributed by atoms with Crippen molar-refractivity contribution in [3.63, 3.8) is 0 Å². The fourth-order valence-electron chi connectivity index (χ4n) is 1.04. The quantitative estimate of drug-likeness (QED) is 0.774. The molecule has 1 amide bonds. The Bertz CT molecular complexity index is 426. The summed E-state index contributed by atoms with van der Waals surface area (Å²) in [6, 6.07) is 3.84. The van der Waals surface area contributed by atoms with Crippen molar-refractivity contribution in [2.24, 2.45) is 0 Å². The smallest absolute Gasteiger partial charge is 0.221 e. The minimum Gasteiger partial charge on any atom is -0.351 e. The van der Waals surface area contributed by atoms with E-state index >= 15 is 0 Å². The highest BCUT2D eigenvalue weighted by atomic mass is 32.2. The lowest BCUT2D eigenvalue weighted by molar-refractivity contribution is -0.121. The van der Waals surface area contributed by atoms with Gasteiger partial charge in [0.2, 0.25) is 15.9 Å². The van der Waals surface area contributed by atoms with E-state index in [-0.39, 0.29) is 18.9 Å². The standard InChI is InChI=1S/C9H14N2O3S2/c1-16(13,14)11-5-4-9(12)10-7-8-3-2-6-15-8/h2-3,6,11H,4-5,7H2,1H3,(H,10,12). The molecule has 0 bridgehead atoms. The third-order valence-corrected chi connectivity index (χ3v) is 3.36. The molecule has 0 unspecified atom stereocenters. The van der Waals surface area contributed by atoms with Gasteiger partial charge in [0.05, 0.1) is 12.8 Å². The summed E-state index contributed by atoms with van der Waals surface area (Å²) in [4.78, 5) is 12.4. The molecule has 1 aromatic rings. The highest BCUT2D eigenvalue weighted by Gasteiger charge is 2.04. The SMILES string of the molecule is CS(=O)(=O)NCCC(=O)NCc1cccs1. The van der Waals surface area contributed by atoms with Gasteiger partial charge in [-0.15, -0.1) is 11.3 Å². The van der Waals surface area contributed by atoms with Crippen molar-refractivity contribution in [2.75, 3.05) is 12.8 Å². The van der Waals surface area contributed by atoms with Crippen LogP contribution in [0.15, 0.2) is 17.5 Å². The number of thiophene rings is 1. The maximum Gasteiger partial charge on any atom is 0.221 e. The summed E-state index contributed by atoms with van der Waals surface area (Å²) in [5.41, 5.74) is 0. The molecule has 7 heteroatoms. The number of hydrogen-bond acceptors (Lipinski definition) is 4. The topological polar surface area (TPSA) is 75.3 Å². The number of hydrogen-bond donors (Lipinski definition) is 2. The van der Waals surface area contributed by atoms with E-state index in [4.69, 9.17) is 0 Å². The zero-order valence-electron chi connectivity index (χ0n) is 8.89. The zero-order valence-corrected chi connectivity index (χ0v) is 10.5. The molecule has 90 valence electrons. The van der Waals surface area contributed by atoms with Gasteiger partial charge >= 0.3 is 0 Å². The second-order valence-corrected chi connectivity index (χ2v) is 6.14. The number of carbonyl (C=O) groups excluding carboxylic acids is 1. The molecule has 1 rings (SSSR count). The summed E-state index contributed by atoms with van der Waals surface area (Å²) < 4.78 is 23.7. The first-order valence-electron chi connectivity index (χ1n) is 4.71. The van der Waals surface area contributed by atoms with Crippen LogP contribution in [0.5, 0.6) is 0 Å². The molecular formula is C9H14N2O3S2. The molecule has 0 radical (unpaired) electrons. The second-order valence-electron chi connectivity index (χ2n) is 3.27. The van der Waals surface area contributed by atoms with Crippen LogP contribution < -0.4 is 10.0 Å². The van der Waals surface area contributed by atoms with Gasteiger partial charge in [-0.05, 0) is 11.4 Å². The first-order valence-corrected chi connectivity index (χ1v) is 7.48. The Morgan fingerprint density at radius 3 is 2.81 bits per heavy atom. The van der Waals surface area contributed by atoms with E-state index in [1.165, 1.54) is 0 Å². The van der Waals surface area contributed by atoms with E-state index in [1.54, 1.807) is 11.3 Å². The Morgan fingerprint density at radius 1 is 1.50 bits per heavy atom. The van der Waals surface area contributed by atoms with E-state index in [9.17, 15) is 13.2 Å². The highest BCUT2D eigenvalue weighted by molar-refractivity contribution is 7.88. The van der Waals surface area contributed by atoms with Gasteiger partial charge in [-0.25, -0.2) is 13.1 Å².